The van der Waals surface area contributed by atoms with E-state index in [0.29, 0.717) is 17.8 Å². The van der Waals surface area contributed by atoms with Crippen LogP contribution in [0.25, 0.3) is 5.57 Å². The highest BCUT2D eigenvalue weighted by Crippen LogP contribution is 2.33. The van der Waals surface area contributed by atoms with Crippen molar-refractivity contribution in [2.24, 2.45) is 0 Å². The van der Waals surface area contributed by atoms with E-state index in [1.54, 1.807) is 7.11 Å². The summed E-state index contributed by atoms with van der Waals surface area (Å²) in [6, 6.07) is 7.43. The Labute approximate surface area is 190 Å². The van der Waals surface area contributed by atoms with Gasteiger partial charge >= 0.3 is 0 Å². The van der Waals surface area contributed by atoms with E-state index < -0.39 is 0 Å². The third kappa shape index (κ3) is 4.82. The normalized spacial score (nSPS) is 21.1. The Morgan fingerprint density at radius 3 is 2.19 bits per heavy atom. The average Bonchev–Trinajstić information content (AvgIpc) is 3.09. The van der Waals surface area contributed by atoms with E-state index in [2.05, 4.69) is 21.6 Å². The summed E-state index contributed by atoms with van der Waals surface area (Å²) in [4.78, 5) is 35.2. The lowest BCUT2D eigenvalue weighted by molar-refractivity contribution is -0.137. The van der Waals surface area contributed by atoms with Crippen molar-refractivity contribution in [1.29, 1.82) is 0 Å². The Balaban J connectivity index is 1.53. The van der Waals surface area contributed by atoms with Crippen LogP contribution in [0, 0.1) is 0 Å². The summed E-state index contributed by atoms with van der Waals surface area (Å²) in [6.07, 6.45) is 0.768. The largest absolute Gasteiger partial charge is 0.497 e. The van der Waals surface area contributed by atoms with E-state index in [0.717, 1.165) is 83.3 Å². The predicted molar refractivity (Wildman–Crippen MR) is 122 cm³/mol. The van der Waals surface area contributed by atoms with E-state index in [1.165, 1.54) is 4.90 Å². The number of hydrogen-bond donors (Lipinski definition) is 0. The van der Waals surface area contributed by atoms with Crippen LogP contribution >= 0.6 is 0 Å². The SMILES string of the molecule is CCN1CCN(C2=C(c3ccc(OC)cc3)C(=O)N(CCCN3CCOCC3)C2=O)CC1. The van der Waals surface area contributed by atoms with Gasteiger partial charge in [-0.2, -0.15) is 0 Å². The number of imide groups is 1. The van der Waals surface area contributed by atoms with Crippen LogP contribution in [-0.4, -0.2) is 111 Å². The third-order valence-corrected chi connectivity index (χ3v) is 6.62. The van der Waals surface area contributed by atoms with Gasteiger partial charge in [-0.05, 0) is 30.7 Å². The van der Waals surface area contributed by atoms with Crippen LogP contribution in [0.1, 0.15) is 18.9 Å². The number of amides is 2. The molecule has 8 heteroatoms. The van der Waals surface area contributed by atoms with Crippen LogP contribution in [0.5, 0.6) is 5.75 Å². The van der Waals surface area contributed by atoms with Crippen molar-refractivity contribution in [2.45, 2.75) is 13.3 Å². The van der Waals surface area contributed by atoms with Gasteiger partial charge in [0, 0.05) is 52.4 Å². The minimum atomic E-state index is -0.185. The van der Waals surface area contributed by atoms with Crippen molar-refractivity contribution in [1.82, 2.24) is 19.6 Å². The second kappa shape index (κ2) is 10.5. The molecular formula is C24H34N4O4. The van der Waals surface area contributed by atoms with E-state index in [1.807, 2.05) is 24.3 Å². The summed E-state index contributed by atoms with van der Waals surface area (Å²) >= 11 is 0. The molecule has 2 fully saturated rings. The molecule has 0 N–H and O–H groups in total. The summed E-state index contributed by atoms with van der Waals surface area (Å²) in [7, 11) is 1.62. The summed E-state index contributed by atoms with van der Waals surface area (Å²) in [5.74, 6) is 0.384. The molecule has 0 unspecified atom stereocenters. The first kappa shape index (κ1) is 22.8. The number of rotatable bonds is 8. The highest BCUT2D eigenvalue weighted by molar-refractivity contribution is 6.35. The number of ether oxygens (including phenoxy) is 2. The number of morpholine rings is 1. The Kier molecular flexibility index (Phi) is 7.44. The first-order valence-electron chi connectivity index (χ1n) is 11.6. The van der Waals surface area contributed by atoms with Gasteiger partial charge in [-0.15, -0.1) is 0 Å². The number of carbonyl (C=O) groups excluding carboxylic acids is 2. The van der Waals surface area contributed by atoms with Gasteiger partial charge in [0.2, 0.25) is 0 Å². The molecule has 0 radical (unpaired) electrons. The maximum absolute atomic E-state index is 13.5. The fourth-order valence-electron chi connectivity index (χ4n) is 4.64. The Morgan fingerprint density at radius 1 is 0.875 bits per heavy atom. The zero-order valence-electron chi connectivity index (χ0n) is 19.2. The lowest BCUT2D eigenvalue weighted by atomic mass is 10.0. The summed E-state index contributed by atoms with van der Waals surface area (Å²) in [5.41, 5.74) is 1.85. The van der Waals surface area contributed by atoms with Crippen LogP contribution < -0.4 is 4.74 Å². The Bertz CT molecular complexity index is 840. The van der Waals surface area contributed by atoms with Crippen molar-refractivity contribution in [3.05, 3.63) is 35.5 Å². The van der Waals surface area contributed by atoms with Gasteiger partial charge in [0.25, 0.3) is 11.8 Å². The van der Waals surface area contributed by atoms with Gasteiger partial charge in [-0.3, -0.25) is 19.4 Å². The number of likely N-dealkylation sites (N-methyl/N-ethyl adjacent to an activating group) is 1. The molecular weight excluding hydrogens is 408 g/mol. The number of nitrogens with zero attached hydrogens (tertiary/aromatic N) is 4. The van der Waals surface area contributed by atoms with Gasteiger partial charge in [0.05, 0.1) is 25.9 Å². The predicted octanol–water partition coefficient (Wildman–Crippen LogP) is 1.13. The number of methoxy groups -OCH3 is 1. The molecule has 2 saturated heterocycles. The molecule has 3 aliphatic rings. The molecule has 4 rings (SSSR count). The number of benzene rings is 1. The van der Waals surface area contributed by atoms with Crippen LogP contribution in [0.4, 0.5) is 0 Å². The molecule has 32 heavy (non-hydrogen) atoms. The number of carbonyl (C=O) groups is 2. The van der Waals surface area contributed by atoms with Gasteiger partial charge in [-0.25, -0.2) is 0 Å². The molecule has 0 bridgehead atoms. The number of hydrogen-bond acceptors (Lipinski definition) is 7. The third-order valence-electron chi connectivity index (χ3n) is 6.62. The van der Waals surface area contributed by atoms with Gasteiger partial charge in [0.1, 0.15) is 11.4 Å². The molecule has 0 aromatic heterocycles. The molecule has 1 aromatic carbocycles. The maximum Gasteiger partial charge on any atom is 0.277 e. The lowest BCUT2D eigenvalue weighted by Crippen LogP contribution is -2.47. The van der Waals surface area contributed by atoms with E-state index in [-0.39, 0.29) is 11.8 Å². The quantitative estimate of drug-likeness (QED) is 0.560. The maximum atomic E-state index is 13.5. The molecule has 3 aliphatic heterocycles. The van der Waals surface area contributed by atoms with Crippen LogP contribution in [0.15, 0.2) is 30.0 Å². The topological polar surface area (TPSA) is 65.6 Å². The van der Waals surface area contributed by atoms with E-state index in [9.17, 15) is 9.59 Å². The highest BCUT2D eigenvalue weighted by atomic mass is 16.5. The molecule has 8 nitrogen and oxygen atoms in total. The molecule has 1 aromatic rings. The smallest absolute Gasteiger partial charge is 0.277 e. The second-order valence-corrected chi connectivity index (χ2v) is 8.44. The van der Waals surface area contributed by atoms with Gasteiger partial charge in [0.15, 0.2) is 0 Å². The van der Waals surface area contributed by atoms with Crippen LogP contribution in [0.3, 0.4) is 0 Å². The minimum Gasteiger partial charge on any atom is -0.497 e. The first-order valence-corrected chi connectivity index (χ1v) is 11.6. The Hall–Kier alpha value is -2.42. The van der Waals surface area contributed by atoms with Crippen molar-refractivity contribution in [2.75, 3.05) is 79.2 Å². The van der Waals surface area contributed by atoms with Crippen molar-refractivity contribution >= 4 is 17.4 Å². The zero-order valence-corrected chi connectivity index (χ0v) is 19.2. The molecule has 3 heterocycles. The van der Waals surface area contributed by atoms with E-state index in [4.69, 9.17) is 9.47 Å². The fraction of sp³-hybridized carbons (Fsp3) is 0.583. The van der Waals surface area contributed by atoms with Gasteiger partial charge in [-0.1, -0.05) is 19.1 Å². The van der Waals surface area contributed by atoms with Crippen molar-refractivity contribution in [3.63, 3.8) is 0 Å². The Morgan fingerprint density at radius 2 is 1.56 bits per heavy atom. The number of piperazine rings is 1. The van der Waals surface area contributed by atoms with Crippen LogP contribution in [0.2, 0.25) is 0 Å². The lowest BCUT2D eigenvalue weighted by Gasteiger charge is -2.36. The summed E-state index contributed by atoms with van der Waals surface area (Å²) in [5, 5.41) is 0. The second-order valence-electron chi connectivity index (χ2n) is 8.44. The average molecular weight is 443 g/mol. The summed E-state index contributed by atoms with van der Waals surface area (Å²) < 4.78 is 10.7. The molecule has 0 atom stereocenters. The standard InChI is InChI=1S/C24H34N4O4/c1-3-25-11-13-27(14-12-25)22-21(19-5-7-20(31-2)8-6-19)23(29)28(24(22)30)10-4-9-26-15-17-32-18-16-26/h5-8H,3-4,9-18H2,1-2H3. The van der Waals surface area contributed by atoms with Gasteiger partial charge < -0.3 is 19.3 Å². The highest BCUT2D eigenvalue weighted by Gasteiger charge is 2.41. The van der Waals surface area contributed by atoms with Crippen molar-refractivity contribution in [3.8, 4) is 5.75 Å². The van der Waals surface area contributed by atoms with Crippen LogP contribution in [-0.2, 0) is 14.3 Å². The van der Waals surface area contributed by atoms with E-state index >= 15 is 0 Å². The fourth-order valence-corrected chi connectivity index (χ4v) is 4.64. The molecule has 174 valence electrons. The molecule has 2 amide bonds. The van der Waals surface area contributed by atoms with Crippen molar-refractivity contribution < 1.29 is 19.1 Å². The summed E-state index contributed by atoms with van der Waals surface area (Å²) in [6.45, 7) is 11.1. The molecule has 0 spiro atoms. The molecule has 0 saturated carbocycles. The first-order chi connectivity index (χ1) is 15.6. The zero-order chi connectivity index (χ0) is 22.5. The minimum absolute atomic E-state index is 0.159. The molecule has 0 aliphatic carbocycles. The monoisotopic (exact) mass is 442 g/mol.